The molecule has 0 unspecified atom stereocenters. The lowest BCUT2D eigenvalue weighted by Gasteiger charge is -2.23. The molecule has 0 saturated carbocycles. The van der Waals surface area contributed by atoms with E-state index in [9.17, 15) is 4.79 Å². The van der Waals surface area contributed by atoms with E-state index >= 15 is 0 Å². The monoisotopic (exact) mass is 361 g/mol. The predicted octanol–water partition coefficient (Wildman–Crippen LogP) is 2.86. The minimum atomic E-state index is -0.0318. The summed E-state index contributed by atoms with van der Waals surface area (Å²) in [5.74, 6) is -0.0318. The second-order valence-corrected chi connectivity index (χ2v) is 5.69. The molecule has 6 heteroatoms. The summed E-state index contributed by atoms with van der Waals surface area (Å²) in [6, 6.07) is 5.45. The van der Waals surface area contributed by atoms with Gasteiger partial charge in [0.05, 0.1) is 12.2 Å². The van der Waals surface area contributed by atoms with Crippen LogP contribution >= 0.6 is 28.6 Å². The number of nitrogens with zero attached hydrogens (tertiary/aromatic N) is 1. The highest BCUT2D eigenvalue weighted by Gasteiger charge is 2.17. The van der Waals surface area contributed by atoms with Gasteiger partial charge in [-0.2, -0.15) is 0 Å². The Hall–Kier alpha value is -0.560. The van der Waals surface area contributed by atoms with Crippen molar-refractivity contribution in [3.63, 3.8) is 0 Å². The number of halogens is 1. The van der Waals surface area contributed by atoms with Gasteiger partial charge in [-0.15, -0.1) is 12.6 Å². The van der Waals surface area contributed by atoms with Crippen LogP contribution in [-0.4, -0.2) is 51.3 Å². The van der Waals surface area contributed by atoms with E-state index in [0.717, 1.165) is 10.9 Å². The third-order valence-electron chi connectivity index (χ3n) is 2.82. The van der Waals surface area contributed by atoms with Gasteiger partial charge in [0.1, 0.15) is 0 Å². The van der Waals surface area contributed by atoms with Crippen LogP contribution in [0, 0.1) is 0 Å². The molecule has 0 aliphatic heterocycles. The molecule has 112 valence electrons. The fraction of sp³-hybridized carbons (Fsp3) is 0.500. The number of hydrogen-bond acceptors (Lipinski definition) is 4. The molecule has 0 bridgehead atoms. The largest absolute Gasteiger partial charge is 0.385 e. The molecule has 0 saturated heterocycles. The fourth-order valence-electron chi connectivity index (χ4n) is 1.77. The van der Waals surface area contributed by atoms with Crippen molar-refractivity contribution in [2.45, 2.75) is 11.3 Å². The van der Waals surface area contributed by atoms with E-state index in [1.165, 1.54) is 0 Å². The van der Waals surface area contributed by atoms with Crippen molar-refractivity contribution in [2.24, 2.45) is 0 Å². The van der Waals surface area contributed by atoms with Gasteiger partial charge in [-0.1, -0.05) is 15.9 Å². The summed E-state index contributed by atoms with van der Waals surface area (Å²) >= 11 is 7.73. The summed E-state index contributed by atoms with van der Waals surface area (Å²) in [6.07, 6.45) is 0.796. The lowest BCUT2D eigenvalue weighted by molar-refractivity contribution is 0.0671. The number of carbonyl (C=O) groups is 1. The Labute approximate surface area is 134 Å². The molecule has 1 amide bonds. The van der Waals surface area contributed by atoms with E-state index in [2.05, 4.69) is 28.6 Å². The van der Waals surface area contributed by atoms with E-state index in [-0.39, 0.29) is 5.91 Å². The van der Waals surface area contributed by atoms with Gasteiger partial charge in [0.25, 0.3) is 5.91 Å². The lowest BCUT2D eigenvalue weighted by atomic mass is 10.2. The average Bonchev–Trinajstić information content (AvgIpc) is 2.42. The molecule has 0 atom stereocenters. The minimum absolute atomic E-state index is 0.0318. The highest BCUT2D eigenvalue weighted by atomic mass is 79.9. The van der Waals surface area contributed by atoms with Crippen LogP contribution in [-0.2, 0) is 9.47 Å². The zero-order chi connectivity index (χ0) is 15.0. The molecule has 1 aromatic carbocycles. The van der Waals surface area contributed by atoms with Gasteiger partial charge in [-0.05, 0) is 24.6 Å². The molecule has 0 aliphatic rings. The standard InChI is InChI=1S/C14H20BrNO3S/c1-18-8-3-6-16(7-9-19-2)14(17)12-5-4-11(15)10-13(12)20/h4-5,10,20H,3,6-9H2,1-2H3. The first-order valence-corrected chi connectivity index (χ1v) is 7.59. The molecule has 0 heterocycles. The van der Waals surface area contributed by atoms with Gasteiger partial charge in [0.15, 0.2) is 0 Å². The first kappa shape index (κ1) is 17.5. The topological polar surface area (TPSA) is 38.8 Å². The van der Waals surface area contributed by atoms with Gasteiger partial charge in [0, 0.05) is 43.3 Å². The maximum atomic E-state index is 12.5. The van der Waals surface area contributed by atoms with Crippen LogP contribution in [0.15, 0.2) is 27.6 Å². The van der Waals surface area contributed by atoms with E-state index in [1.807, 2.05) is 12.1 Å². The van der Waals surface area contributed by atoms with Gasteiger partial charge in [-0.3, -0.25) is 4.79 Å². The van der Waals surface area contributed by atoms with Crippen molar-refractivity contribution in [1.29, 1.82) is 0 Å². The lowest BCUT2D eigenvalue weighted by Crippen LogP contribution is -2.35. The van der Waals surface area contributed by atoms with Crippen LogP contribution in [0.1, 0.15) is 16.8 Å². The zero-order valence-electron chi connectivity index (χ0n) is 11.8. The number of methoxy groups -OCH3 is 2. The first-order valence-electron chi connectivity index (χ1n) is 6.35. The van der Waals surface area contributed by atoms with Gasteiger partial charge >= 0.3 is 0 Å². The Morgan fingerprint density at radius 2 is 1.95 bits per heavy atom. The smallest absolute Gasteiger partial charge is 0.255 e. The number of amides is 1. The normalized spacial score (nSPS) is 10.6. The molecule has 0 radical (unpaired) electrons. The van der Waals surface area contributed by atoms with Crippen molar-refractivity contribution in [1.82, 2.24) is 4.90 Å². The van der Waals surface area contributed by atoms with Crippen LogP contribution in [0.25, 0.3) is 0 Å². The maximum absolute atomic E-state index is 12.5. The first-order chi connectivity index (χ1) is 9.60. The Balaban J connectivity index is 2.79. The van der Waals surface area contributed by atoms with Gasteiger partial charge in [-0.25, -0.2) is 0 Å². The molecule has 0 aromatic heterocycles. The van der Waals surface area contributed by atoms with Crippen LogP contribution in [0.2, 0.25) is 0 Å². The highest BCUT2D eigenvalue weighted by molar-refractivity contribution is 9.10. The van der Waals surface area contributed by atoms with Crippen molar-refractivity contribution in [2.75, 3.05) is 40.5 Å². The SMILES string of the molecule is COCCCN(CCOC)C(=O)c1ccc(Br)cc1S. The number of thiol groups is 1. The molecule has 4 nitrogen and oxygen atoms in total. The fourth-order valence-corrected chi connectivity index (χ4v) is 2.62. The van der Waals surface area contributed by atoms with Crippen molar-refractivity contribution >= 4 is 34.5 Å². The summed E-state index contributed by atoms with van der Waals surface area (Å²) in [4.78, 5) is 15.0. The average molecular weight is 362 g/mol. The Bertz CT molecular complexity index is 442. The molecular formula is C14H20BrNO3S. The molecule has 0 N–H and O–H groups in total. The molecule has 1 aromatic rings. The Morgan fingerprint density at radius 1 is 1.25 bits per heavy atom. The molecule has 20 heavy (non-hydrogen) atoms. The highest BCUT2D eigenvalue weighted by Crippen LogP contribution is 2.21. The zero-order valence-corrected chi connectivity index (χ0v) is 14.2. The summed E-state index contributed by atoms with van der Waals surface area (Å²) in [6.45, 7) is 2.34. The Morgan fingerprint density at radius 3 is 2.55 bits per heavy atom. The van der Waals surface area contributed by atoms with E-state index in [1.54, 1.807) is 25.2 Å². The number of carbonyl (C=O) groups excluding carboxylic acids is 1. The molecular weight excluding hydrogens is 342 g/mol. The minimum Gasteiger partial charge on any atom is -0.385 e. The third-order valence-corrected chi connectivity index (χ3v) is 3.68. The quantitative estimate of drug-likeness (QED) is 0.571. The number of ether oxygens (including phenoxy) is 2. The second-order valence-electron chi connectivity index (χ2n) is 4.29. The van der Waals surface area contributed by atoms with Crippen molar-refractivity contribution in [3.05, 3.63) is 28.2 Å². The van der Waals surface area contributed by atoms with Crippen LogP contribution < -0.4 is 0 Å². The van der Waals surface area contributed by atoms with Gasteiger partial charge < -0.3 is 14.4 Å². The number of hydrogen-bond donors (Lipinski definition) is 1. The van der Waals surface area contributed by atoms with E-state index in [4.69, 9.17) is 9.47 Å². The Kier molecular flexibility index (Phi) is 8.21. The van der Waals surface area contributed by atoms with Gasteiger partial charge in [0.2, 0.25) is 0 Å². The van der Waals surface area contributed by atoms with Crippen molar-refractivity contribution < 1.29 is 14.3 Å². The maximum Gasteiger partial charge on any atom is 0.255 e. The van der Waals surface area contributed by atoms with Crippen LogP contribution in [0.3, 0.4) is 0 Å². The van der Waals surface area contributed by atoms with E-state index < -0.39 is 0 Å². The van der Waals surface area contributed by atoms with Crippen molar-refractivity contribution in [3.8, 4) is 0 Å². The number of benzene rings is 1. The van der Waals surface area contributed by atoms with E-state index in [0.29, 0.717) is 36.8 Å². The molecule has 0 spiro atoms. The third kappa shape index (κ3) is 5.44. The summed E-state index contributed by atoms with van der Waals surface area (Å²) < 4.78 is 11.0. The van der Waals surface area contributed by atoms with Crippen LogP contribution in [0.5, 0.6) is 0 Å². The van der Waals surface area contributed by atoms with Crippen LogP contribution in [0.4, 0.5) is 0 Å². The predicted molar refractivity (Wildman–Crippen MR) is 85.7 cm³/mol. The second kappa shape index (κ2) is 9.39. The summed E-state index contributed by atoms with van der Waals surface area (Å²) in [5.41, 5.74) is 0.602. The summed E-state index contributed by atoms with van der Waals surface area (Å²) in [5, 5.41) is 0. The molecule has 1 rings (SSSR count). The molecule has 0 aliphatic carbocycles. The summed E-state index contributed by atoms with van der Waals surface area (Å²) in [7, 11) is 3.28. The number of rotatable bonds is 8. The molecule has 0 fully saturated rings.